The fourth-order valence-electron chi connectivity index (χ4n) is 2.71. The quantitative estimate of drug-likeness (QED) is 0.905. The highest BCUT2D eigenvalue weighted by atomic mass is 15.3. The lowest BCUT2D eigenvalue weighted by molar-refractivity contribution is 0.383. The van der Waals surface area contributed by atoms with Gasteiger partial charge in [0, 0.05) is 38.4 Å². The van der Waals surface area contributed by atoms with E-state index < -0.39 is 0 Å². The van der Waals surface area contributed by atoms with Crippen molar-refractivity contribution in [1.82, 2.24) is 15.1 Å². The van der Waals surface area contributed by atoms with Crippen molar-refractivity contribution in [3.8, 4) is 0 Å². The van der Waals surface area contributed by atoms with Crippen LogP contribution in [0.25, 0.3) is 0 Å². The molecule has 1 N–H and O–H groups in total. The van der Waals surface area contributed by atoms with Gasteiger partial charge in [-0.3, -0.25) is 4.68 Å². The number of anilines is 1. The van der Waals surface area contributed by atoms with Gasteiger partial charge in [-0.2, -0.15) is 5.10 Å². The summed E-state index contributed by atoms with van der Waals surface area (Å²) in [5.74, 6) is 0.754. The van der Waals surface area contributed by atoms with Crippen LogP contribution >= 0.6 is 0 Å². The largest absolute Gasteiger partial charge is 0.368 e. The molecule has 1 atom stereocenters. The Hall–Kier alpha value is -1.03. The molecule has 0 amide bonds. The standard InChI is InChI=1S/C15H28N4/c1-6-13-14(11-18(5)17-13)19-8-7-12(10-19)9-16-15(2,3)4/h11-12,16H,6-10H2,1-5H3. The highest BCUT2D eigenvalue weighted by Crippen LogP contribution is 2.26. The van der Waals surface area contributed by atoms with E-state index in [9.17, 15) is 0 Å². The van der Waals surface area contributed by atoms with Crippen molar-refractivity contribution in [2.24, 2.45) is 13.0 Å². The molecular weight excluding hydrogens is 236 g/mol. The molecule has 1 saturated heterocycles. The number of hydrogen-bond acceptors (Lipinski definition) is 3. The molecule has 0 aromatic carbocycles. The molecule has 0 radical (unpaired) electrons. The van der Waals surface area contributed by atoms with Crippen molar-refractivity contribution in [3.05, 3.63) is 11.9 Å². The van der Waals surface area contributed by atoms with Crippen LogP contribution in [0.3, 0.4) is 0 Å². The van der Waals surface area contributed by atoms with E-state index in [1.165, 1.54) is 17.8 Å². The SMILES string of the molecule is CCc1nn(C)cc1N1CCC(CNC(C)(C)C)C1. The summed E-state index contributed by atoms with van der Waals surface area (Å²) in [5, 5.41) is 8.17. The summed E-state index contributed by atoms with van der Waals surface area (Å²) in [7, 11) is 2.01. The fraction of sp³-hybridized carbons (Fsp3) is 0.800. The van der Waals surface area contributed by atoms with Gasteiger partial charge in [0.05, 0.1) is 11.4 Å². The molecule has 2 heterocycles. The maximum atomic E-state index is 4.54. The van der Waals surface area contributed by atoms with Gasteiger partial charge in [0.2, 0.25) is 0 Å². The molecular formula is C15H28N4. The third-order valence-electron chi connectivity index (χ3n) is 3.77. The summed E-state index contributed by atoms with van der Waals surface area (Å²) in [4.78, 5) is 2.50. The van der Waals surface area contributed by atoms with E-state index in [-0.39, 0.29) is 5.54 Å². The second kappa shape index (κ2) is 5.53. The Kier molecular flexibility index (Phi) is 4.19. The van der Waals surface area contributed by atoms with Crippen LogP contribution in [-0.4, -0.2) is 35.0 Å². The van der Waals surface area contributed by atoms with Crippen molar-refractivity contribution in [1.29, 1.82) is 0 Å². The lowest BCUT2D eigenvalue weighted by Gasteiger charge is -2.23. The van der Waals surface area contributed by atoms with Crippen molar-refractivity contribution >= 4 is 5.69 Å². The minimum absolute atomic E-state index is 0.219. The Bertz CT molecular complexity index is 416. The number of hydrogen-bond donors (Lipinski definition) is 1. The zero-order valence-corrected chi connectivity index (χ0v) is 13.0. The summed E-state index contributed by atoms with van der Waals surface area (Å²) in [6, 6.07) is 0. The van der Waals surface area contributed by atoms with Gasteiger partial charge in [0.25, 0.3) is 0 Å². The minimum atomic E-state index is 0.219. The van der Waals surface area contributed by atoms with Crippen LogP contribution in [-0.2, 0) is 13.5 Å². The molecule has 1 aromatic rings. The molecule has 0 saturated carbocycles. The summed E-state index contributed by atoms with van der Waals surface area (Å²) >= 11 is 0. The first-order chi connectivity index (χ1) is 8.89. The number of aryl methyl sites for hydroxylation is 2. The smallest absolute Gasteiger partial charge is 0.0855 e. The van der Waals surface area contributed by atoms with E-state index in [0.717, 1.165) is 32.0 Å². The van der Waals surface area contributed by atoms with Crippen molar-refractivity contribution in [2.45, 2.75) is 46.1 Å². The van der Waals surface area contributed by atoms with Gasteiger partial charge in [-0.1, -0.05) is 6.92 Å². The lowest BCUT2D eigenvalue weighted by atomic mass is 10.1. The van der Waals surface area contributed by atoms with Gasteiger partial charge in [-0.05, 0) is 39.5 Å². The maximum absolute atomic E-state index is 4.54. The van der Waals surface area contributed by atoms with Crippen LogP contribution in [0.15, 0.2) is 6.20 Å². The van der Waals surface area contributed by atoms with Crippen LogP contribution in [0, 0.1) is 5.92 Å². The topological polar surface area (TPSA) is 33.1 Å². The number of aromatic nitrogens is 2. The monoisotopic (exact) mass is 264 g/mol. The molecule has 1 aliphatic heterocycles. The molecule has 2 rings (SSSR count). The first-order valence-electron chi connectivity index (χ1n) is 7.41. The highest BCUT2D eigenvalue weighted by Gasteiger charge is 2.26. The van der Waals surface area contributed by atoms with Gasteiger partial charge in [-0.15, -0.1) is 0 Å². The number of nitrogens with one attached hydrogen (secondary N) is 1. The average Bonchev–Trinajstić information content (AvgIpc) is 2.91. The van der Waals surface area contributed by atoms with Gasteiger partial charge < -0.3 is 10.2 Å². The van der Waals surface area contributed by atoms with Crippen molar-refractivity contribution in [3.63, 3.8) is 0 Å². The number of nitrogens with zero attached hydrogens (tertiary/aromatic N) is 3. The molecule has 1 fully saturated rings. The second-order valence-corrected chi connectivity index (χ2v) is 6.72. The predicted octanol–water partition coefficient (Wildman–Crippen LogP) is 2.20. The van der Waals surface area contributed by atoms with Crippen molar-refractivity contribution in [2.75, 3.05) is 24.5 Å². The summed E-state index contributed by atoms with van der Waals surface area (Å²) in [6.07, 6.45) is 4.46. The maximum Gasteiger partial charge on any atom is 0.0855 e. The van der Waals surface area contributed by atoms with E-state index in [2.05, 4.69) is 49.2 Å². The highest BCUT2D eigenvalue weighted by molar-refractivity contribution is 5.50. The van der Waals surface area contributed by atoms with Crippen LogP contribution in [0.1, 0.15) is 39.8 Å². The molecule has 4 nitrogen and oxygen atoms in total. The summed E-state index contributed by atoms with van der Waals surface area (Å²) < 4.78 is 1.94. The molecule has 0 aliphatic carbocycles. The fourth-order valence-corrected chi connectivity index (χ4v) is 2.71. The molecule has 0 bridgehead atoms. The third-order valence-corrected chi connectivity index (χ3v) is 3.77. The zero-order valence-electron chi connectivity index (χ0n) is 13.0. The zero-order chi connectivity index (χ0) is 14.0. The Morgan fingerprint density at radius 1 is 1.42 bits per heavy atom. The van der Waals surface area contributed by atoms with Crippen LogP contribution in [0.5, 0.6) is 0 Å². The predicted molar refractivity (Wildman–Crippen MR) is 80.7 cm³/mol. The molecule has 1 aromatic heterocycles. The second-order valence-electron chi connectivity index (χ2n) is 6.72. The lowest BCUT2D eigenvalue weighted by Crippen LogP contribution is -2.39. The average molecular weight is 264 g/mol. The Balaban J connectivity index is 1.94. The Morgan fingerprint density at radius 3 is 2.79 bits per heavy atom. The Morgan fingerprint density at radius 2 is 2.16 bits per heavy atom. The van der Waals surface area contributed by atoms with Crippen LogP contribution < -0.4 is 10.2 Å². The summed E-state index contributed by atoms with van der Waals surface area (Å²) in [5.41, 5.74) is 2.78. The van der Waals surface area contributed by atoms with Crippen molar-refractivity contribution < 1.29 is 0 Å². The molecule has 1 unspecified atom stereocenters. The van der Waals surface area contributed by atoms with Gasteiger partial charge in [0.1, 0.15) is 0 Å². The first-order valence-corrected chi connectivity index (χ1v) is 7.41. The van der Waals surface area contributed by atoms with E-state index in [4.69, 9.17) is 0 Å². The number of rotatable bonds is 4. The normalized spacial score (nSPS) is 20.3. The van der Waals surface area contributed by atoms with Gasteiger partial charge >= 0.3 is 0 Å². The van der Waals surface area contributed by atoms with E-state index in [1.807, 2.05) is 11.7 Å². The molecule has 19 heavy (non-hydrogen) atoms. The minimum Gasteiger partial charge on any atom is -0.368 e. The molecule has 4 heteroatoms. The first kappa shape index (κ1) is 14.4. The summed E-state index contributed by atoms with van der Waals surface area (Å²) in [6.45, 7) is 12.3. The van der Waals surface area contributed by atoms with Gasteiger partial charge in [0.15, 0.2) is 0 Å². The van der Waals surface area contributed by atoms with E-state index >= 15 is 0 Å². The van der Waals surface area contributed by atoms with E-state index in [1.54, 1.807) is 0 Å². The van der Waals surface area contributed by atoms with Gasteiger partial charge in [-0.25, -0.2) is 0 Å². The van der Waals surface area contributed by atoms with Crippen LogP contribution in [0.2, 0.25) is 0 Å². The van der Waals surface area contributed by atoms with E-state index in [0.29, 0.717) is 0 Å². The third kappa shape index (κ3) is 3.72. The molecule has 108 valence electrons. The molecule has 0 spiro atoms. The van der Waals surface area contributed by atoms with Crippen LogP contribution in [0.4, 0.5) is 5.69 Å². The Labute approximate surface area is 117 Å². The molecule has 1 aliphatic rings.